The molecule has 10 nitrogen and oxygen atoms in total. The molecule has 11 heteroatoms. The Hall–Kier alpha value is -3.34. The first kappa shape index (κ1) is 27.2. The van der Waals surface area contributed by atoms with Crippen LogP contribution >= 0.6 is 11.8 Å². The Labute approximate surface area is 232 Å². The van der Waals surface area contributed by atoms with Crippen molar-refractivity contribution in [3.63, 3.8) is 0 Å². The standard InChI is InChI=1S/C28H37N7O3S/c1-6-24(27(36)29-19-10-8-7-9-11-19)39-28-30-21-16-23(38-5)22(37-4)15-20(21)26-31-25(33-35(26)28)12-13-34-18(3)14-17(2)32-34/h14-16,19,24H,6-13H2,1-5H3,(H,29,36)/t24-/m0/s1. The van der Waals surface area contributed by atoms with Crippen molar-refractivity contribution in [1.82, 2.24) is 34.7 Å². The van der Waals surface area contributed by atoms with Crippen LogP contribution in [0.5, 0.6) is 11.5 Å². The number of nitrogens with one attached hydrogen (secondary N) is 1. The average molecular weight is 552 g/mol. The number of ether oxygens (including phenoxy) is 2. The van der Waals surface area contributed by atoms with Crippen LogP contribution in [0.1, 0.15) is 62.7 Å². The van der Waals surface area contributed by atoms with E-state index in [0.29, 0.717) is 53.0 Å². The van der Waals surface area contributed by atoms with Crippen molar-refractivity contribution in [3.05, 3.63) is 35.4 Å². The molecular formula is C28H37N7O3S. The Morgan fingerprint density at radius 2 is 1.82 bits per heavy atom. The summed E-state index contributed by atoms with van der Waals surface area (Å²) in [5.74, 6) is 1.93. The maximum atomic E-state index is 13.3. The molecular weight excluding hydrogens is 514 g/mol. The Balaban J connectivity index is 1.51. The van der Waals surface area contributed by atoms with Gasteiger partial charge in [-0.05, 0) is 45.2 Å². The molecule has 1 amide bonds. The van der Waals surface area contributed by atoms with Crippen LogP contribution in [0.3, 0.4) is 0 Å². The molecule has 208 valence electrons. The number of thioether (sulfide) groups is 1. The first-order chi connectivity index (χ1) is 18.9. The van der Waals surface area contributed by atoms with Crippen LogP contribution in [0.25, 0.3) is 16.6 Å². The highest BCUT2D eigenvalue weighted by Gasteiger charge is 2.25. The van der Waals surface area contributed by atoms with Gasteiger partial charge in [0.05, 0.1) is 30.7 Å². The summed E-state index contributed by atoms with van der Waals surface area (Å²) in [5.41, 5.74) is 3.48. The number of rotatable bonds is 10. The lowest BCUT2D eigenvalue weighted by atomic mass is 9.95. The van der Waals surface area contributed by atoms with Crippen molar-refractivity contribution >= 4 is 34.2 Å². The van der Waals surface area contributed by atoms with Crippen molar-refractivity contribution < 1.29 is 14.3 Å². The molecule has 5 rings (SSSR count). The Kier molecular flexibility index (Phi) is 8.25. The molecule has 1 atom stereocenters. The van der Waals surface area contributed by atoms with E-state index in [1.54, 1.807) is 18.7 Å². The van der Waals surface area contributed by atoms with E-state index in [1.165, 1.54) is 31.0 Å². The lowest BCUT2D eigenvalue weighted by molar-refractivity contribution is -0.121. The monoisotopic (exact) mass is 551 g/mol. The van der Waals surface area contributed by atoms with Gasteiger partial charge in [-0.15, -0.1) is 5.10 Å². The first-order valence-electron chi connectivity index (χ1n) is 13.7. The third-order valence-electron chi connectivity index (χ3n) is 7.30. The topological polar surface area (TPSA) is 108 Å². The molecule has 1 aromatic carbocycles. The molecule has 39 heavy (non-hydrogen) atoms. The predicted octanol–water partition coefficient (Wildman–Crippen LogP) is 4.67. The minimum absolute atomic E-state index is 0.0571. The van der Waals surface area contributed by atoms with Crippen molar-refractivity contribution in [2.45, 2.75) is 88.7 Å². The van der Waals surface area contributed by atoms with Gasteiger partial charge in [0, 0.05) is 36.2 Å². The van der Waals surface area contributed by atoms with Crippen LogP contribution in [0.4, 0.5) is 0 Å². The minimum Gasteiger partial charge on any atom is -0.493 e. The number of fused-ring (bicyclic) bond motifs is 3. The normalized spacial score (nSPS) is 15.1. The van der Waals surface area contributed by atoms with Gasteiger partial charge in [0.2, 0.25) is 5.91 Å². The Morgan fingerprint density at radius 1 is 1.08 bits per heavy atom. The van der Waals surface area contributed by atoms with Gasteiger partial charge in [0.15, 0.2) is 28.1 Å². The summed E-state index contributed by atoms with van der Waals surface area (Å²) in [6.07, 6.45) is 6.99. The Bertz CT molecular complexity index is 1480. The number of methoxy groups -OCH3 is 2. The van der Waals surface area contributed by atoms with E-state index >= 15 is 0 Å². The van der Waals surface area contributed by atoms with Crippen LogP contribution in [-0.4, -0.2) is 60.8 Å². The number of aryl methyl sites for hydroxylation is 4. The van der Waals surface area contributed by atoms with E-state index in [4.69, 9.17) is 24.5 Å². The van der Waals surface area contributed by atoms with Gasteiger partial charge in [-0.3, -0.25) is 9.48 Å². The molecule has 0 aliphatic heterocycles. The quantitative estimate of drug-likeness (QED) is 0.224. The van der Waals surface area contributed by atoms with E-state index in [-0.39, 0.29) is 17.2 Å². The van der Waals surface area contributed by atoms with Crippen LogP contribution in [-0.2, 0) is 17.8 Å². The fourth-order valence-electron chi connectivity index (χ4n) is 5.23. The van der Waals surface area contributed by atoms with Crippen LogP contribution in [0.2, 0.25) is 0 Å². The van der Waals surface area contributed by atoms with Crippen molar-refractivity contribution in [1.29, 1.82) is 0 Å². The largest absolute Gasteiger partial charge is 0.493 e. The summed E-state index contributed by atoms with van der Waals surface area (Å²) >= 11 is 1.43. The number of hydrogen-bond donors (Lipinski definition) is 1. The first-order valence-corrected chi connectivity index (χ1v) is 14.6. The molecule has 1 aliphatic carbocycles. The fourth-order valence-corrected chi connectivity index (χ4v) is 6.21. The van der Waals surface area contributed by atoms with E-state index in [1.807, 2.05) is 37.6 Å². The zero-order valence-corrected chi connectivity index (χ0v) is 24.2. The summed E-state index contributed by atoms with van der Waals surface area (Å²) in [6, 6.07) is 6.06. The summed E-state index contributed by atoms with van der Waals surface area (Å²) < 4.78 is 14.8. The second-order valence-electron chi connectivity index (χ2n) is 10.1. The molecule has 0 radical (unpaired) electrons. The van der Waals surface area contributed by atoms with Crippen molar-refractivity contribution in [2.24, 2.45) is 0 Å². The number of benzene rings is 1. The predicted molar refractivity (Wildman–Crippen MR) is 152 cm³/mol. The summed E-state index contributed by atoms with van der Waals surface area (Å²) in [5, 5.41) is 13.8. The van der Waals surface area contributed by atoms with Crippen LogP contribution < -0.4 is 14.8 Å². The molecule has 1 saturated carbocycles. The number of amides is 1. The van der Waals surface area contributed by atoms with E-state index in [2.05, 4.69) is 16.5 Å². The lowest BCUT2D eigenvalue weighted by Gasteiger charge is -2.25. The molecule has 1 fully saturated rings. The molecule has 0 unspecified atom stereocenters. The lowest BCUT2D eigenvalue weighted by Crippen LogP contribution is -2.41. The number of hydrogen-bond acceptors (Lipinski definition) is 8. The second kappa shape index (κ2) is 11.8. The van der Waals surface area contributed by atoms with Crippen molar-refractivity contribution in [3.8, 4) is 11.5 Å². The SMILES string of the molecule is CC[C@H](Sc1nc2cc(OC)c(OC)cc2c2nc(CCn3nc(C)cc3C)nn12)C(=O)NC1CCCCC1. The molecule has 1 N–H and O–H groups in total. The highest BCUT2D eigenvalue weighted by atomic mass is 32.2. The van der Waals surface area contributed by atoms with Gasteiger partial charge in [0.25, 0.3) is 0 Å². The zero-order chi connectivity index (χ0) is 27.5. The summed E-state index contributed by atoms with van der Waals surface area (Å²) in [7, 11) is 3.22. The second-order valence-corrected chi connectivity index (χ2v) is 11.3. The van der Waals surface area contributed by atoms with Gasteiger partial charge in [-0.1, -0.05) is 37.9 Å². The van der Waals surface area contributed by atoms with Gasteiger partial charge >= 0.3 is 0 Å². The number of carbonyl (C=O) groups excluding carboxylic acids is 1. The molecule has 3 aromatic heterocycles. The summed E-state index contributed by atoms with van der Waals surface area (Å²) in [6.45, 7) is 6.74. The molecule has 0 spiro atoms. The van der Waals surface area contributed by atoms with Gasteiger partial charge < -0.3 is 14.8 Å². The van der Waals surface area contributed by atoms with Gasteiger partial charge in [-0.25, -0.2) is 9.97 Å². The number of aromatic nitrogens is 6. The highest BCUT2D eigenvalue weighted by Crippen LogP contribution is 2.35. The maximum Gasteiger partial charge on any atom is 0.233 e. The van der Waals surface area contributed by atoms with E-state index in [0.717, 1.165) is 29.6 Å². The number of nitrogens with zero attached hydrogens (tertiary/aromatic N) is 6. The molecule has 1 aliphatic rings. The Morgan fingerprint density at radius 3 is 2.49 bits per heavy atom. The third-order valence-corrected chi connectivity index (χ3v) is 8.61. The molecule has 0 saturated heterocycles. The van der Waals surface area contributed by atoms with Crippen LogP contribution in [0, 0.1) is 13.8 Å². The van der Waals surface area contributed by atoms with Gasteiger partial charge in [-0.2, -0.15) is 9.61 Å². The smallest absolute Gasteiger partial charge is 0.233 e. The molecule has 0 bridgehead atoms. The number of carbonyl (C=O) groups is 1. The van der Waals surface area contributed by atoms with Crippen LogP contribution in [0.15, 0.2) is 23.4 Å². The van der Waals surface area contributed by atoms with E-state index in [9.17, 15) is 4.79 Å². The van der Waals surface area contributed by atoms with Gasteiger partial charge in [0.1, 0.15) is 0 Å². The minimum atomic E-state index is -0.289. The van der Waals surface area contributed by atoms with E-state index < -0.39 is 0 Å². The highest BCUT2D eigenvalue weighted by molar-refractivity contribution is 8.00. The fraction of sp³-hybridized carbons (Fsp3) is 0.536. The maximum absolute atomic E-state index is 13.3. The average Bonchev–Trinajstić information content (AvgIpc) is 3.52. The summed E-state index contributed by atoms with van der Waals surface area (Å²) in [4.78, 5) is 23.1. The third kappa shape index (κ3) is 5.83. The molecule has 3 heterocycles. The van der Waals surface area contributed by atoms with Crippen molar-refractivity contribution in [2.75, 3.05) is 14.2 Å². The molecule has 4 aromatic rings. The zero-order valence-electron chi connectivity index (χ0n) is 23.4.